The van der Waals surface area contributed by atoms with E-state index in [0.717, 1.165) is 31.2 Å². The molecule has 0 aliphatic rings. The lowest BCUT2D eigenvalue weighted by Gasteiger charge is -2.19. The lowest BCUT2D eigenvalue weighted by Crippen LogP contribution is -2.27. The van der Waals surface area contributed by atoms with E-state index in [-0.39, 0.29) is 11.5 Å². The van der Waals surface area contributed by atoms with Gasteiger partial charge in [-0.05, 0) is 63.9 Å². The van der Waals surface area contributed by atoms with Crippen LogP contribution in [-0.2, 0) is 45.0 Å². The highest BCUT2D eigenvalue weighted by atomic mass is 32.2. The van der Waals surface area contributed by atoms with Crippen molar-refractivity contribution in [1.82, 2.24) is 28.7 Å². The number of carbonyl (C=O) groups is 1. The van der Waals surface area contributed by atoms with Crippen LogP contribution in [0.1, 0.15) is 46.5 Å². The summed E-state index contributed by atoms with van der Waals surface area (Å²) in [7, 11) is -3.83. The first-order valence-corrected chi connectivity index (χ1v) is 20.8. The zero-order valence-electron chi connectivity index (χ0n) is 33.3. The number of unbranched alkanes of at least 4 members (excludes halogenated alkanes) is 3. The molecular weight excluding hydrogens is 765 g/mol. The van der Waals surface area contributed by atoms with E-state index in [2.05, 4.69) is 20.1 Å². The number of rotatable bonds is 25. The summed E-state index contributed by atoms with van der Waals surface area (Å²) in [5.74, 6) is 0.0161. The standard InChI is InChI=1S/C41H52N8O8S/c1-41(2,3)57-37(50)31-56-27-26-55-25-24-54-23-22-53-21-11-6-5-10-19-48-30-35(36-14-16-43-40(46-36)44-18-17-42-4)38(47-48)33-28-32-15-20-49(39(32)45-29-33)58(51,52)34-12-8-7-9-13-34/h7-9,12-16,20,28-30H,5-6,10-11,17-19,21-27,31H2,1-3H3,(H,43,44,46). The van der Waals surface area contributed by atoms with Crippen LogP contribution >= 0.6 is 0 Å². The fourth-order valence-electron chi connectivity index (χ4n) is 5.80. The fraction of sp³-hybridized carbons (Fsp3) is 0.463. The SMILES string of the molecule is [C-]#[N+]CCNc1nccc(-c2cn(CCCCCCOCCOCCOCCOCC(=O)OC(C)(C)C)nc2-c2cnc3c(ccn3S(=O)(=O)c3ccccc3)c2)n1. The third-order valence-electron chi connectivity index (χ3n) is 8.45. The number of fused-ring (bicyclic) bond motifs is 1. The average Bonchev–Trinajstić information content (AvgIpc) is 3.84. The van der Waals surface area contributed by atoms with Crippen LogP contribution in [0.25, 0.3) is 38.4 Å². The fourth-order valence-corrected chi connectivity index (χ4v) is 7.13. The Bertz CT molecular complexity index is 2200. The molecule has 0 unspecified atom stereocenters. The van der Waals surface area contributed by atoms with Gasteiger partial charge in [-0.15, -0.1) is 0 Å². The Hall–Kier alpha value is -5.25. The molecule has 0 aliphatic carbocycles. The third-order valence-corrected chi connectivity index (χ3v) is 10.1. The van der Waals surface area contributed by atoms with E-state index < -0.39 is 21.6 Å². The number of nitrogens with one attached hydrogen (secondary N) is 1. The van der Waals surface area contributed by atoms with E-state index in [0.29, 0.717) is 99.8 Å². The van der Waals surface area contributed by atoms with Crippen LogP contribution in [0.5, 0.6) is 0 Å². The number of hydrogen-bond donors (Lipinski definition) is 1. The molecule has 0 spiro atoms. The maximum atomic E-state index is 13.4. The highest BCUT2D eigenvalue weighted by molar-refractivity contribution is 7.90. The number of carbonyl (C=O) groups excluding carboxylic acids is 1. The first kappa shape index (κ1) is 43.9. The van der Waals surface area contributed by atoms with Gasteiger partial charge < -0.3 is 33.8 Å². The molecule has 0 saturated carbocycles. The van der Waals surface area contributed by atoms with Crippen molar-refractivity contribution < 1.29 is 36.9 Å². The lowest BCUT2D eigenvalue weighted by atomic mass is 10.1. The molecule has 4 aromatic heterocycles. The number of nitrogens with zero attached hydrogens (tertiary/aromatic N) is 7. The van der Waals surface area contributed by atoms with Crippen molar-refractivity contribution in [3.8, 4) is 22.5 Å². The molecule has 4 heterocycles. The van der Waals surface area contributed by atoms with Crippen molar-refractivity contribution in [1.29, 1.82) is 0 Å². The summed E-state index contributed by atoms with van der Waals surface area (Å²) in [6.45, 7) is 17.0. The van der Waals surface area contributed by atoms with Gasteiger partial charge in [0.1, 0.15) is 17.9 Å². The predicted octanol–water partition coefficient (Wildman–Crippen LogP) is 5.89. The highest BCUT2D eigenvalue weighted by Crippen LogP contribution is 2.32. The Morgan fingerprint density at radius 2 is 1.59 bits per heavy atom. The largest absolute Gasteiger partial charge is 0.458 e. The van der Waals surface area contributed by atoms with E-state index in [9.17, 15) is 13.2 Å². The molecule has 5 rings (SSSR count). The summed E-state index contributed by atoms with van der Waals surface area (Å²) in [5, 5.41) is 8.71. The third kappa shape index (κ3) is 13.4. The number of anilines is 1. The van der Waals surface area contributed by atoms with Crippen LogP contribution < -0.4 is 5.32 Å². The Morgan fingerprint density at radius 1 is 0.879 bits per heavy atom. The van der Waals surface area contributed by atoms with E-state index in [1.165, 1.54) is 10.2 Å². The van der Waals surface area contributed by atoms with Gasteiger partial charge in [0.15, 0.2) is 5.65 Å². The van der Waals surface area contributed by atoms with Crippen LogP contribution in [-0.4, -0.2) is 115 Å². The molecule has 0 bridgehead atoms. The maximum absolute atomic E-state index is 13.4. The van der Waals surface area contributed by atoms with Gasteiger partial charge in [0.25, 0.3) is 10.0 Å². The molecule has 5 aromatic rings. The molecule has 0 saturated heterocycles. The van der Waals surface area contributed by atoms with Gasteiger partial charge >= 0.3 is 5.97 Å². The molecule has 0 fully saturated rings. The summed E-state index contributed by atoms with van der Waals surface area (Å²) in [6.07, 6.45) is 10.6. The van der Waals surface area contributed by atoms with Gasteiger partial charge in [-0.1, -0.05) is 31.0 Å². The van der Waals surface area contributed by atoms with Crippen LogP contribution in [0.2, 0.25) is 0 Å². The molecule has 1 aromatic carbocycles. The summed E-state index contributed by atoms with van der Waals surface area (Å²) >= 11 is 0. The van der Waals surface area contributed by atoms with Crippen LogP contribution in [0.15, 0.2) is 78.2 Å². The molecular formula is C41H52N8O8S. The molecule has 0 radical (unpaired) electrons. The van der Waals surface area contributed by atoms with Gasteiger partial charge in [0, 0.05) is 54.5 Å². The molecule has 1 N–H and O–H groups in total. The van der Waals surface area contributed by atoms with Crippen LogP contribution in [0.3, 0.4) is 0 Å². The van der Waals surface area contributed by atoms with Crippen molar-refractivity contribution in [2.45, 2.75) is 63.5 Å². The second kappa shape index (κ2) is 22.0. The summed E-state index contributed by atoms with van der Waals surface area (Å²) in [5.41, 5.74) is 2.60. The van der Waals surface area contributed by atoms with Gasteiger partial charge in [-0.25, -0.2) is 38.7 Å². The van der Waals surface area contributed by atoms with E-state index in [1.54, 1.807) is 48.8 Å². The number of aromatic nitrogens is 6. The first-order valence-electron chi connectivity index (χ1n) is 19.3. The Balaban J connectivity index is 1.08. The predicted molar refractivity (Wildman–Crippen MR) is 219 cm³/mol. The Morgan fingerprint density at radius 3 is 2.31 bits per heavy atom. The van der Waals surface area contributed by atoms with Gasteiger partial charge in [-0.2, -0.15) is 5.10 Å². The summed E-state index contributed by atoms with van der Waals surface area (Å²) in [6, 6.07) is 13.7. The van der Waals surface area contributed by atoms with Crippen molar-refractivity contribution in [3.63, 3.8) is 0 Å². The van der Waals surface area contributed by atoms with Crippen LogP contribution in [0.4, 0.5) is 5.95 Å². The monoisotopic (exact) mass is 816 g/mol. The minimum Gasteiger partial charge on any atom is -0.458 e. The lowest BCUT2D eigenvalue weighted by molar-refractivity contribution is -0.160. The average molecular weight is 817 g/mol. The number of aryl methyl sites for hydroxylation is 1. The number of esters is 1. The molecule has 310 valence electrons. The molecule has 58 heavy (non-hydrogen) atoms. The molecule has 16 nitrogen and oxygen atoms in total. The van der Waals surface area contributed by atoms with Crippen LogP contribution in [0, 0.1) is 6.57 Å². The zero-order valence-corrected chi connectivity index (χ0v) is 34.2. The van der Waals surface area contributed by atoms with Gasteiger partial charge in [0.2, 0.25) is 12.5 Å². The molecule has 17 heteroatoms. The van der Waals surface area contributed by atoms with Gasteiger partial charge in [-0.3, -0.25) is 4.68 Å². The molecule has 0 amide bonds. The van der Waals surface area contributed by atoms with Crippen molar-refractivity contribution in [2.24, 2.45) is 0 Å². The normalized spacial score (nSPS) is 11.8. The zero-order chi connectivity index (χ0) is 41.2. The first-order chi connectivity index (χ1) is 28.0. The number of benzene rings is 1. The van der Waals surface area contributed by atoms with Crippen molar-refractivity contribution in [3.05, 3.63) is 84.7 Å². The number of ether oxygens (including phenoxy) is 5. The highest BCUT2D eigenvalue weighted by Gasteiger charge is 2.22. The van der Waals surface area contributed by atoms with E-state index in [1.807, 2.05) is 43.8 Å². The van der Waals surface area contributed by atoms with Gasteiger partial charge in [0.05, 0.1) is 56.8 Å². The minimum atomic E-state index is -3.83. The second-order valence-electron chi connectivity index (χ2n) is 14.2. The molecule has 0 aliphatic heterocycles. The van der Waals surface area contributed by atoms with Crippen molar-refractivity contribution >= 4 is 33.0 Å². The summed E-state index contributed by atoms with van der Waals surface area (Å²) < 4.78 is 57.1. The maximum Gasteiger partial charge on any atom is 0.332 e. The summed E-state index contributed by atoms with van der Waals surface area (Å²) in [4.78, 5) is 28.8. The topological polar surface area (TPSA) is 175 Å². The smallest absolute Gasteiger partial charge is 0.332 e. The number of pyridine rings is 1. The Kier molecular flexibility index (Phi) is 16.7. The minimum absolute atomic E-state index is 0.0975. The van der Waals surface area contributed by atoms with E-state index in [4.69, 9.17) is 40.3 Å². The van der Waals surface area contributed by atoms with Crippen molar-refractivity contribution in [2.75, 3.05) is 71.3 Å². The quantitative estimate of drug-likeness (QED) is 0.0420. The molecule has 0 atom stereocenters. The Labute approximate surface area is 339 Å². The van der Waals surface area contributed by atoms with E-state index >= 15 is 0 Å². The second-order valence-corrected chi connectivity index (χ2v) is 16.0. The number of hydrogen-bond acceptors (Lipinski definition) is 13.